The first-order valence-electron chi connectivity index (χ1n) is 8.12. The summed E-state index contributed by atoms with van der Waals surface area (Å²) in [5.74, 6) is 0.380. The Labute approximate surface area is 146 Å². The molecule has 1 aromatic carbocycles. The number of rotatable bonds is 6. The van der Waals surface area contributed by atoms with Gasteiger partial charge < -0.3 is 5.32 Å². The largest absolute Gasteiger partial charge is 0.344 e. The molecule has 1 atom stereocenters. The highest BCUT2D eigenvalue weighted by atomic mass is 16.1. The standard InChI is InChI=1S/C18H20N6O/c1-13-10-17(22-14(2)21-13)18(25)23-16(15-6-4-3-5-7-15)8-9-24-12-19-11-20-24/h3-7,10-12,16H,8-9H2,1-2H3,(H,23,25)/t16-/m1/s1. The summed E-state index contributed by atoms with van der Waals surface area (Å²) in [5.41, 5.74) is 2.20. The highest BCUT2D eigenvalue weighted by Gasteiger charge is 2.17. The third-order valence-electron chi connectivity index (χ3n) is 3.82. The molecule has 128 valence electrons. The number of amides is 1. The van der Waals surface area contributed by atoms with E-state index in [1.165, 1.54) is 6.33 Å². The molecule has 7 nitrogen and oxygen atoms in total. The minimum atomic E-state index is -0.207. The summed E-state index contributed by atoms with van der Waals surface area (Å²) in [6, 6.07) is 11.4. The van der Waals surface area contributed by atoms with Crippen LogP contribution in [0.15, 0.2) is 49.1 Å². The van der Waals surface area contributed by atoms with Crippen molar-refractivity contribution < 1.29 is 4.79 Å². The average Bonchev–Trinajstić information content (AvgIpc) is 3.12. The molecule has 0 aliphatic carbocycles. The van der Waals surface area contributed by atoms with Crippen LogP contribution in [0.1, 0.15) is 40.0 Å². The molecule has 0 spiro atoms. The number of aryl methyl sites for hydroxylation is 3. The summed E-state index contributed by atoms with van der Waals surface area (Å²) in [5, 5.41) is 7.19. The molecular formula is C18H20N6O. The van der Waals surface area contributed by atoms with Gasteiger partial charge in [0.25, 0.3) is 5.91 Å². The second-order valence-corrected chi connectivity index (χ2v) is 5.83. The maximum Gasteiger partial charge on any atom is 0.270 e. The zero-order valence-corrected chi connectivity index (χ0v) is 14.3. The summed E-state index contributed by atoms with van der Waals surface area (Å²) >= 11 is 0. The lowest BCUT2D eigenvalue weighted by Crippen LogP contribution is -2.30. The lowest BCUT2D eigenvalue weighted by atomic mass is 10.0. The number of nitrogens with zero attached hydrogens (tertiary/aromatic N) is 5. The van der Waals surface area contributed by atoms with Crippen LogP contribution in [-0.2, 0) is 6.54 Å². The molecule has 0 radical (unpaired) electrons. The van der Waals surface area contributed by atoms with E-state index in [2.05, 4.69) is 25.4 Å². The smallest absolute Gasteiger partial charge is 0.270 e. The Morgan fingerprint density at radius 1 is 1.20 bits per heavy atom. The summed E-state index contributed by atoms with van der Waals surface area (Å²) in [6.07, 6.45) is 3.87. The number of nitrogens with one attached hydrogen (secondary N) is 1. The van der Waals surface area contributed by atoms with Crippen molar-refractivity contribution in [3.8, 4) is 0 Å². The number of carbonyl (C=O) groups is 1. The third-order valence-corrected chi connectivity index (χ3v) is 3.82. The number of benzene rings is 1. The first kappa shape index (κ1) is 16.8. The Hall–Kier alpha value is -3.09. The van der Waals surface area contributed by atoms with Gasteiger partial charge in [-0.05, 0) is 31.9 Å². The van der Waals surface area contributed by atoms with Gasteiger partial charge in [0, 0.05) is 12.2 Å². The van der Waals surface area contributed by atoms with Gasteiger partial charge in [-0.3, -0.25) is 9.48 Å². The second-order valence-electron chi connectivity index (χ2n) is 5.83. The van der Waals surface area contributed by atoms with Crippen molar-refractivity contribution in [2.45, 2.75) is 32.9 Å². The van der Waals surface area contributed by atoms with Crippen molar-refractivity contribution in [1.82, 2.24) is 30.0 Å². The fraction of sp³-hybridized carbons (Fsp3) is 0.278. The van der Waals surface area contributed by atoms with Gasteiger partial charge in [-0.2, -0.15) is 5.10 Å². The van der Waals surface area contributed by atoms with E-state index in [1.54, 1.807) is 24.0 Å². The molecule has 2 aromatic heterocycles. The molecule has 7 heteroatoms. The van der Waals surface area contributed by atoms with Gasteiger partial charge >= 0.3 is 0 Å². The fourth-order valence-electron chi connectivity index (χ4n) is 2.68. The number of aromatic nitrogens is 5. The molecule has 1 amide bonds. The highest BCUT2D eigenvalue weighted by molar-refractivity contribution is 5.92. The zero-order chi connectivity index (χ0) is 17.6. The molecular weight excluding hydrogens is 316 g/mol. The van der Waals surface area contributed by atoms with Crippen LogP contribution in [0.4, 0.5) is 0 Å². The quantitative estimate of drug-likeness (QED) is 0.746. The highest BCUT2D eigenvalue weighted by Crippen LogP contribution is 2.18. The van der Waals surface area contributed by atoms with Crippen LogP contribution in [0.3, 0.4) is 0 Å². The maximum absolute atomic E-state index is 12.7. The van der Waals surface area contributed by atoms with Gasteiger partial charge in [-0.1, -0.05) is 30.3 Å². The van der Waals surface area contributed by atoms with E-state index in [9.17, 15) is 4.79 Å². The minimum Gasteiger partial charge on any atom is -0.344 e. The summed E-state index contributed by atoms with van der Waals surface area (Å²) in [6.45, 7) is 4.29. The Morgan fingerprint density at radius 3 is 2.68 bits per heavy atom. The average molecular weight is 336 g/mol. The van der Waals surface area contributed by atoms with Crippen molar-refractivity contribution in [3.05, 3.63) is 71.8 Å². The van der Waals surface area contributed by atoms with Gasteiger partial charge in [-0.15, -0.1) is 0 Å². The molecule has 3 aromatic rings. The normalized spacial score (nSPS) is 11.9. The third kappa shape index (κ3) is 4.47. The van der Waals surface area contributed by atoms with Crippen molar-refractivity contribution in [3.63, 3.8) is 0 Å². The van der Waals surface area contributed by atoms with Crippen LogP contribution in [-0.4, -0.2) is 30.6 Å². The van der Waals surface area contributed by atoms with Crippen molar-refractivity contribution in [2.24, 2.45) is 0 Å². The van der Waals surface area contributed by atoms with Gasteiger partial charge in [0.2, 0.25) is 0 Å². The number of hydrogen-bond donors (Lipinski definition) is 1. The van der Waals surface area contributed by atoms with Crippen molar-refractivity contribution >= 4 is 5.91 Å². The molecule has 0 unspecified atom stereocenters. The van der Waals surface area contributed by atoms with Crippen LogP contribution in [0.5, 0.6) is 0 Å². The molecule has 0 bridgehead atoms. The number of carbonyl (C=O) groups excluding carboxylic acids is 1. The van der Waals surface area contributed by atoms with Crippen LogP contribution in [0, 0.1) is 13.8 Å². The van der Waals surface area contributed by atoms with E-state index in [-0.39, 0.29) is 11.9 Å². The van der Waals surface area contributed by atoms with Crippen LogP contribution >= 0.6 is 0 Å². The Morgan fingerprint density at radius 2 is 2.00 bits per heavy atom. The topological polar surface area (TPSA) is 85.6 Å². The molecule has 3 rings (SSSR count). The molecule has 1 N–H and O–H groups in total. The fourth-order valence-corrected chi connectivity index (χ4v) is 2.68. The first-order chi connectivity index (χ1) is 12.1. The minimum absolute atomic E-state index is 0.145. The lowest BCUT2D eigenvalue weighted by Gasteiger charge is -2.19. The zero-order valence-electron chi connectivity index (χ0n) is 14.3. The number of hydrogen-bond acceptors (Lipinski definition) is 5. The predicted molar refractivity (Wildman–Crippen MR) is 92.8 cm³/mol. The first-order valence-corrected chi connectivity index (χ1v) is 8.12. The predicted octanol–water partition coefficient (Wildman–Crippen LogP) is 2.25. The van der Waals surface area contributed by atoms with Crippen molar-refractivity contribution in [2.75, 3.05) is 0 Å². The van der Waals surface area contributed by atoms with Crippen molar-refractivity contribution in [1.29, 1.82) is 0 Å². The molecule has 25 heavy (non-hydrogen) atoms. The van der Waals surface area contributed by atoms with Crippen LogP contribution in [0.25, 0.3) is 0 Å². The monoisotopic (exact) mass is 336 g/mol. The maximum atomic E-state index is 12.7. The van der Waals surface area contributed by atoms with Crippen LogP contribution < -0.4 is 5.32 Å². The molecule has 0 saturated carbocycles. The SMILES string of the molecule is Cc1cc(C(=O)N[C@H](CCn2cncn2)c2ccccc2)nc(C)n1. The molecule has 0 aliphatic heterocycles. The molecule has 0 saturated heterocycles. The van der Waals surface area contributed by atoms with E-state index < -0.39 is 0 Å². The van der Waals surface area contributed by atoms with Gasteiger partial charge in [0.15, 0.2) is 0 Å². The van der Waals surface area contributed by atoms with E-state index in [0.717, 1.165) is 11.3 Å². The van der Waals surface area contributed by atoms with E-state index >= 15 is 0 Å². The Bertz CT molecular complexity index is 812. The Kier molecular flexibility index (Phi) is 5.13. The molecule has 0 aliphatic rings. The lowest BCUT2D eigenvalue weighted by molar-refractivity contribution is 0.0927. The molecule has 0 fully saturated rings. The van der Waals surface area contributed by atoms with Gasteiger partial charge in [0.1, 0.15) is 24.2 Å². The second kappa shape index (κ2) is 7.65. The van der Waals surface area contributed by atoms with Gasteiger partial charge in [-0.25, -0.2) is 15.0 Å². The molecule has 2 heterocycles. The summed E-state index contributed by atoms with van der Waals surface area (Å²) in [4.78, 5) is 25.1. The van der Waals surface area contributed by atoms with E-state index in [1.807, 2.05) is 37.3 Å². The summed E-state index contributed by atoms with van der Waals surface area (Å²) in [7, 11) is 0. The Balaban J connectivity index is 1.77. The van der Waals surface area contributed by atoms with Crippen LogP contribution in [0.2, 0.25) is 0 Å². The van der Waals surface area contributed by atoms with E-state index in [4.69, 9.17) is 0 Å². The van der Waals surface area contributed by atoms with Gasteiger partial charge in [0.05, 0.1) is 6.04 Å². The van der Waals surface area contributed by atoms with E-state index in [0.29, 0.717) is 24.5 Å². The summed E-state index contributed by atoms with van der Waals surface area (Å²) < 4.78 is 1.75.